The highest BCUT2D eigenvalue weighted by Crippen LogP contribution is 2.10. The number of amides is 1. The molecule has 0 saturated heterocycles. The molecule has 20 heavy (non-hydrogen) atoms. The Hall–Kier alpha value is -0.420. The molecule has 0 bridgehead atoms. The molecule has 0 saturated carbocycles. The Labute approximate surface area is 129 Å². The van der Waals surface area contributed by atoms with Crippen LogP contribution in [0.25, 0.3) is 0 Å². The zero-order chi connectivity index (χ0) is 15.4. The van der Waals surface area contributed by atoms with Crippen LogP contribution in [0.2, 0.25) is 0 Å². The molecule has 0 rings (SSSR count). The number of unbranched alkanes of at least 4 members (excludes halogenated alkanes) is 1. The number of nitrogens with one attached hydrogen (secondary N) is 1. The lowest BCUT2D eigenvalue weighted by Crippen LogP contribution is -2.38. The Morgan fingerprint density at radius 1 is 1.20 bits per heavy atom. The molecule has 0 spiro atoms. The largest absolute Gasteiger partial charge is 0.444 e. The number of nitrogens with zero attached hydrogens (tertiary/aromatic N) is 1. The SMILES string of the molecule is CCN(CCCNCCCCSC)C(=O)OC(C)(C)C. The normalized spacial score (nSPS) is 11.4. The third-order valence-electron chi connectivity index (χ3n) is 2.77. The highest BCUT2D eigenvalue weighted by atomic mass is 32.2. The van der Waals surface area contributed by atoms with Crippen molar-refractivity contribution in [2.45, 2.75) is 52.6 Å². The van der Waals surface area contributed by atoms with Crippen LogP contribution in [0.1, 0.15) is 47.0 Å². The minimum Gasteiger partial charge on any atom is -0.444 e. The Morgan fingerprint density at radius 3 is 2.40 bits per heavy atom. The molecule has 0 aromatic carbocycles. The third kappa shape index (κ3) is 11.4. The van der Waals surface area contributed by atoms with Crippen molar-refractivity contribution < 1.29 is 9.53 Å². The van der Waals surface area contributed by atoms with Gasteiger partial charge < -0.3 is 15.0 Å². The Kier molecular flexibility index (Phi) is 11.0. The first-order valence-electron chi connectivity index (χ1n) is 7.58. The molecule has 0 aliphatic heterocycles. The van der Waals surface area contributed by atoms with E-state index < -0.39 is 5.60 Å². The third-order valence-corrected chi connectivity index (χ3v) is 3.46. The van der Waals surface area contributed by atoms with E-state index in [9.17, 15) is 4.79 Å². The molecule has 0 heterocycles. The molecule has 0 aliphatic carbocycles. The van der Waals surface area contributed by atoms with E-state index >= 15 is 0 Å². The van der Waals surface area contributed by atoms with E-state index in [2.05, 4.69) is 11.6 Å². The fourth-order valence-electron chi connectivity index (χ4n) is 1.72. The lowest BCUT2D eigenvalue weighted by atomic mass is 10.2. The van der Waals surface area contributed by atoms with Crippen LogP contribution in [0.5, 0.6) is 0 Å². The summed E-state index contributed by atoms with van der Waals surface area (Å²) in [6, 6.07) is 0. The fourth-order valence-corrected chi connectivity index (χ4v) is 2.21. The van der Waals surface area contributed by atoms with Gasteiger partial charge in [0.25, 0.3) is 0 Å². The van der Waals surface area contributed by atoms with Crippen molar-refractivity contribution in [1.82, 2.24) is 10.2 Å². The van der Waals surface area contributed by atoms with Crippen LogP contribution < -0.4 is 5.32 Å². The van der Waals surface area contributed by atoms with Crippen molar-refractivity contribution in [1.29, 1.82) is 0 Å². The molecule has 120 valence electrons. The van der Waals surface area contributed by atoms with E-state index in [1.807, 2.05) is 39.5 Å². The van der Waals surface area contributed by atoms with Crippen LogP contribution in [0.4, 0.5) is 4.79 Å². The van der Waals surface area contributed by atoms with Crippen LogP contribution in [-0.2, 0) is 4.74 Å². The average molecular weight is 305 g/mol. The first-order chi connectivity index (χ1) is 9.40. The molecule has 5 heteroatoms. The van der Waals surface area contributed by atoms with Crippen molar-refractivity contribution in [2.24, 2.45) is 0 Å². The quantitative estimate of drug-likeness (QED) is 0.628. The summed E-state index contributed by atoms with van der Waals surface area (Å²) >= 11 is 1.90. The number of hydrogen-bond donors (Lipinski definition) is 1. The van der Waals surface area contributed by atoms with Gasteiger partial charge in [0.15, 0.2) is 0 Å². The van der Waals surface area contributed by atoms with Gasteiger partial charge in [-0.05, 0) is 72.1 Å². The standard InChI is InChI=1S/C15H32N2O2S/c1-6-17(14(18)19-15(2,3)4)12-9-11-16-10-7-8-13-20-5/h16H,6-13H2,1-5H3. The van der Waals surface area contributed by atoms with Gasteiger partial charge in [-0.15, -0.1) is 0 Å². The van der Waals surface area contributed by atoms with Gasteiger partial charge in [-0.1, -0.05) is 0 Å². The maximum absolute atomic E-state index is 11.9. The maximum Gasteiger partial charge on any atom is 0.410 e. The molecule has 0 aromatic heterocycles. The monoisotopic (exact) mass is 304 g/mol. The van der Waals surface area contributed by atoms with Crippen molar-refractivity contribution in [3.63, 3.8) is 0 Å². The second kappa shape index (κ2) is 11.3. The molecule has 1 N–H and O–H groups in total. The van der Waals surface area contributed by atoms with E-state index in [4.69, 9.17) is 4.74 Å². The van der Waals surface area contributed by atoms with Gasteiger partial charge in [0.2, 0.25) is 0 Å². The number of ether oxygens (including phenoxy) is 1. The van der Waals surface area contributed by atoms with Crippen molar-refractivity contribution in [2.75, 3.05) is 38.2 Å². The molecule has 0 aromatic rings. The smallest absolute Gasteiger partial charge is 0.410 e. The van der Waals surface area contributed by atoms with Crippen molar-refractivity contribution in [3.05, 3.63) is 0 Å². The van der Waals surface area contributed by atoms with Crippen LogP contribution in [0, 0.1) is 0 Å². The lowest BCUT2D eigenvalue weighted by molar-refractivity contribution is 0.0258. The molecule has 4 nitrogen and oxygen atoms in total. The molecule has 0 fully saturated rings. The van der Waals surface area contributed by atoms with Gasteiger partial charge in [-0.25, -0.2) is 4.79 Å². The van der Waals surface area contributed by atoms with Gasteiger partial charge in [0.05, 0.1) is 0 Å². The highest BCUT2D eigenvalue weighted by molar-refractivity contribution is 7.98. The zero-order valence-electron chi connectivity index (χ0n) is 13.8. The van der Waals surface area contributed by atoms with Gasteiger partial charge in [0.1, 0.15) is 5.60 Å². The first-order valence-corrected chi connectivity index (χ1v) is 8.97. The van der Waals surface area contributed by atoms with Gasteiger partial charge in [-0.2, -0.15) is 11.8 Å². The van der Waals surface area contributed by atoms with E-state index in [0.717, 1.165) is 26.1 Å². The predicted molar refractivity (Wildman–Crippen MR) is 88.6 cm³/mol. The molecular weight excluding hydrogens is 272 g/mol. The fraction of sp³-hybridized carbons (Fsp3) is 0.933. The summed E-state index contributed by atoms with van der Waals surface area (Å²) in [5.74, 6) is 1.24. The summed E-state index contributed by atoms with van der Waals surface area (Å²) in [6.07, 6.45) is 5.40. The molecule has 0 aliphatic rings. The van der Waals surface area contributed by atoms with E-state index in [0.29, 0.717) is 6.54 Å². The Bertz CT molecular complexity index is 255. The number of thioether (sulfide) groups is 1. The zero-order valence-corrected chi connectivity index (χ0v) is 14.6. The van der Waals surface area contributed by atoms with Crippen LogP contribution >= 0.6 is 11.8 Å². The molecule has 0 radical (unpaired) electrons. The summed E-state index contributed by atoms with van der Waals surface area (Å²) in [5, 5.41) is 3.42. The number of carbonyl (C=O) groups excluding carboxylic acids is 1. The second-order valence-electron chi connectivity index (χ2n) is 5.86. The molecule has 1 amide bonds. The van der Waals surface area contributed by atoms with E-state index in [1.165, 1.54) is 18.6 Å². The maximum atomic E-state index is 11.9. The molecule has 0 atom stereocenters. The van der Waals surface area contributed by atoms with Crippen molar-refractivity contribution in [3.8, 4) is 0 Å². The van der Waals surface area contributed by atoms with Crippen LogP contribution in [-0.4, -0.2) is 54.8 Å². The lowest BCUT2D eigenvalue weighted by Gasteiger charge is -2.26. The van der Waals surface area contributed by atoms with Crippen LogP contribution in [0.3, 0.4) is 0 Å². The van der Waals surface area contributed by atoms with Gasteiger partial charge in [-0.3, -0.25) is 0 Å². The Morgan fingerprint density at radius 2 is 1.85 bits per heavy atom. The van der Waals surface area contributed by atoms with Crippen molar-refractivity contribution >= 4 is 17.9 Å². The van der Waals surface area contributed by atoms with Gasteiger partial charge in [0, 0.05) is 13.1 Å². The minimum absolute atomic E-state index is 0.208. The Balaban J connectivity index is 3.67. The molecule has 0 unspecified atom stereocenters. The topological polar surface area (TPSA) is 41.6 Å². The van der Waals surface area contributed by atoms with Crippen LogP contribution in [0.15, 0.2) is 0 Å². The second-order valence-corrected chi connectivity index (χ2v) is 6.85. The summed E-state index contributed by atoms with van der Waals surface area (Å²) in [5.41, 5.74) is -0.417. The summed E-state index contributed by atoms with van der Waals surface area (Å²) in [4.78, 5) is 13.7. The summed E-state index contributed by atoms with van der Waals surface area (Å²) in [6.45, 7) is 11.2. The number of carbonyl (C=O) groups is 1. The number of hydrogen-bond acceptors (Lipinski definition) is 4. The summed E-state index contributed by atoms with van der Waals surface area (Å²) < 4.78 is 5.38. The van der Waals surface area contributed by atoms with E-state index in [-0.39, 0.29) is 6.09 Å². The highest BCUT2D eigenvalue weighted by Gasteiger charge is 2.20. The molecular formula is C15H32N2O2S. The number of rotatable bonds is 10. The first kappa shape index (κ1) is 19.6. The average Bonchev–Trinajstić information content (AvgIpc) is 2.35. The summed E-state index contributed by atoms with van der Waals surface area (Å²) in [7, 11) is 0. The predicted octanol–water partition coefficient (Wildman–Crippen LogP) is 3.37. The van der Waals surface area contributed by atoms with E-state index in [1.54, 1.807) is 4.90 Å². The van der Waals surface area contributed by atoms with Gasteiger partial charge >= 0.3 is 6.09 Å². The minimum atomic E-state index is -0.417.